The number of nitrogens with two attached hydrogens (primary N) is 1. The molecule has 1 atom stereocenters. The van der Waals surface area contributed by atoms with Crippen molar-refractivity contribution in [2.45, 2.75) is 58.4 Å². The van der Waals surface area contributed by atoms with Gasteiger partial charge in [-0.15, -0.1) is 0 Å². The third kappa shape index (κ3) is 8.98. The molecular weight excluding hydrogens is 230 g/mol. The first-order chi connectivity index (χ1) is 8.61. The van der Waals surface area contributed by atoms with Gasteiger partial charge in [-0.25, -0.2) is 0 Å². The van der Waals surface area contributed by atoms with Crippen LogP contribution >= 0.6 is 0 Å². The number of hydrogen-bond donors (Lipinski definition) is 3. The number of amides is 2. The Morgan fingerprint density at radius 3 is 2.33 bits per heavy atom. The van der Waals surface area contributed by atoms with Crippen molar-refractivity contribution in [2.75, 3.05) is 13.1 Å². The van der Waals surface area contributed by atoms with Crippen molar-refractivity contribution < 1.29 is 9.59 Å². The smallest absolute Gasteiger partial charge is 0.236 e. The van der Waals surface area contributed by atoms with Crippen LogP contribution in [0.15, 0.2) is 0 Å². The molecule has 0 aromatic heterocycles. The van der Waals surface area contributed by atoms with Crippen LogP contribution in [-0.2, 0) is 9.59 Å². The zero-order valence-electron chi connectivity index (χ0n) is 11.6. The summed E-state index contributed by atoms with van der Waals surface area (Å²) in [4.78, 5) is 22.5. The van der Waals surface area contributed by atoms with Gasteiger partial charge in [0.2, 0.25) is 11.8 Å². The topological polar surface area (TPSA) is 84.2 Å². The molecule has 0 saturated carbocycles. The average Bonchev–Trinajstić information content (AvgIpc) is 2.37. The first-order valence-electron chi connectivity index (χ1n) is 6.91. The summed E-state index contributed by atoms with van der Waals surface area (Å²) in [6, 6.07) is -0.427. The van der Waals surface area contributed by atoms with Crippen molar-refractivity contribution in [1.82, 2.24) is 10.6 Å². The predicted octanol–water partition coefficient (Wildman–Crippen LogP) is 0.927. The maximum absolute atomic E-state index is 11.5. The molecule has 0 aliphatic heterocycles. The molecule has 2 amide bonds. The van der Waals surface area contributed by atoms with E-state index in [-0.39, 0.29) is 11.8 Å². The molecule has 5 nitrogen and oxygen atoms in total. The number of hydrogen-bond acceptors (Lipinski definition) is 3. The van der Waals surface area contributed by atoms with Gasteiger partial charge in [0.1, 0.15) is 0 Å². The SMILES string of the molecule is CCCCNC(=O)[C@@H](N)CCCCNC(=O)CC. The molecule has 0 fully saturated rings. The van der Waals surface area contributed by atoms with E-state index in [0.717, 1.165) is 25.7 Å². The van der Waals surface area contributed by atoms with Gasteiger partial charge in [0.25, 0.3) is 0 Å². The summed E-state index contributed by atoms with van der Waals surface area (Å²) in [6.45, 7) is 5.27. The molecule has 0 aliphatic rings. The Kier molecular flexibility index (Phi) is 10.3. The molecule has 0 aliphatic carbocycles. The number of nitrogens with one attached hydrogen (secondary N) is 2. The lowest BCUT2D eigenvalue weighted by Crippen LogP contribution is -2.40. The monoisotopic (exact) mass is 257 g/mol. The van der Waals surface area contributed by atoms with E-state index >= 15 is 0 Å². The van der Waals surface area contributed by atoms with Crippen LogP contribution in [0.1, 0.15) is 52.4 Å². The quantitative estimate of drug-likeness (QED) is 0.509. The molecular formula is C13H27N3O2. The first kappa shape index (κ1) is 16.9. The Balaban J connectivity index is 3.48. The van der Waals surface area contributed by atoms with Crippen LogP contribution in [0.25, 0.3) is 0 Å². The van der Waals surface area contributed by atoms with E-state index in [1.807, 2.05) is 6.92 Å². The van der Waals surface area contributed by atoms with E-state index in [1.165, 1.54) is 0 Å². The van der Waals surface area contributed by atoms with E-state index in [4.69, 9.17) is 5.73 Å². The lowest BCUT2D eigenvalue weighted by Gasteiger charge is -2.12. The van der Waals surface area contributed by atoms with Crippen molar-refractivity contribution in [3.8, 4) is 0 Å². The van der Waals surface area contributed by atoms with Crippen molar-refractivity contribution in [1.29, 1.82) is 0 Å². The van der Waals surface area contributed by atoms with E-state index in [2.05, 4.69) is 17.6 Å². The molecule has 0 saturated heterocycles. The van der Waals surface area contributed by atoms with Crippen LogP contribution in [-0.4, -0.2) is 30.9 Å². The molecule has 106 valence electrons. The second kappa shape index (κ2) is 11.0. The highest BCUT2D eigenvalue weighted by atomic mass is 16.2. The van der Waals surface area contributed by atoms with E-state index in [0.29, 0.717) is 25.9 Å². The summed E-state index contributed by atoms with van der Waals surface area (Å²) in [7, 11) is 0. The van der Waals surface area contributed by atoms with E-state index in [1.54, 1.807) is 0 Å². The third-order valence-electron chi connectivity index (χ3n) is 2.75. The summed E-state index contributed by atoms with van der Waals surface area (Å²) in [5.74, 6) is -0.00218. The second-order valence-electron chi connectivity index (χ2n) is 4.45. The van der Waals surface area contributed by atoms with Crippen molar-refractivity contribution >= 4 is 11.8 Å². The molecule has 0 rings (SSSR count). The summed E-state index contributed by atoms with van der Waals surface area (Å²) in [5.41, 5.74) is 5.77. The van der Waals surface area contributed by atoms with Crippen molar-refractivity contribution in [3.63, 3.8) is 0 Å². The minimum Gasteiger partial charge on any atom is -0.356 e. The predicted molar refractivity (Wildman–Crippen MR) is 73.0 cm³/mol. The fourth-order valence-corrected chi connectivity index (χ4v) is 1.49. The Morgan fingerprint density at radius 1 is 1.06 bits per heavy atom. The van der Waals surface area contributed by atoms with Gasteiger partial charge in [0.15, 0.2) is 0 Å². The number of carbonyl (C=O) groups excluding carboxylic acids is 2. The fourth-order valence-electron chi connectivity index (χ4n) is 1.49. The molecule has 0 spiro atoms. The molecule has 5 heteroatoms. The second-order valence-corrected chi connectivity index (χ2v) is 4.45. The Bertz CT molecular complexity index is 244. The van der Waals surface area contributed by atoms with Gasteiger partial charge in [-0.1, -0.05) is 20.3 Å². The van der Waals surface area contributed by atoms with Crippen molar-refractivity contribution in [2.24, 2.45) is 5.73 Å². The van der Waals surface area contributed by atoms with Crippen LogP contribution in [0.2, 0.25) is 0 Å². The van der Waals surface area contributed by atoms with Crippen LogP contribution in [0.3, 0.4) is 0 Å². The zero-order valence-corrected chi connectivity index (χ0v) is 11.6. The van der Waals surface area contributed by atoms with Crippen LogP contribution in [0, 0.1) is 0 Å². The van der Waals surface area contributed by atoms with Crippen LogP contribution < -0.4 is 16.4 Å². The average molecular weight is 257 g/mol. The van der Waals surface area contributed by atoms with Gasteiger partial charge in [0, 0.05) is 19.5 Å². The van der Waals surface area contributed by atoms with E-state index in [9.17, 15) is 9.59 Å². The Labute approximate surface area is 110 Å². The highest BCUT2D eigenvalue weighted by Crippen LogP contribution is 1.99. The largest absolute Gasteiger partial charge is 0.356 e. The van der Waals surface area contributed by atoms with Crippen molar-refractivity contribution in [3.05, 3.63) is 0 Å². The number of carbonyl (C=O) groups is 2. The molecule has 0 radical (unpaired) electrons. The molecule has 4 N–H and O–H groups in total. The molecule has 0 aromatic rings. The summed E-state index contributed by atoms with van der Waals surface area (Å²) in [5, 5.41) is 5.61. The molecule has 0 bridgehead atoms. The summed E-state index contributed by atoms with van der Waals surface area (Å²) < 4.78 is 0. The standard InChI is InChI=1S/C13H27N3O2/c1-3-5-9-16-13(18)11(14)8-6-7-10-15-12(17)4-2/h11H,3-10,14H2,1-2H3,(H,15,17)(H,16,18)/t11-/m0/s1. The fraction of sp³-hybridized carbons (Fsp3) is 0.846. The third-order valence-corrected chi connectivity index (χ3v) is 2.75. The van der Waals surface area contributed by atoms with Gasteiger partial charge in [-0.2, -0.15) is 0 Å². The minimum absolute atomic E-state index is 0.0663. The van der Waals surface area contributed by atoms with Gasteiger partial charge in [-0.05, 0) is 25.7 Å². The molecule has 18 heavy (non-hydrogen) atoms. The highest BCUT2D eigenvalue weighted by Gasteiger charge is 2.11. The van der Waals surface area contributed by atoms with Gasteiger partial charge in [0.05, 0.1) is 6.04 Å². The first-order valence-corrected chi connectivity index (χ1v) is 6.91. The Hall–Kier alpha value is -1.10. The molecule has 0 aromatic carbocycles. The minimum atomic E-state index is -0.427. The number of unbranched alkanes of at least 4 members (excludes halogenated alkanes) is 2. The lowest BCUT2D eigenvalue weighted by molar-refractivity contribution is -0.123. The summed E-state index contributed by atoms with van der Waals surface area (Å²) >= 11 is 0. The number of rotatable bonds is 10. The summed E-state index contributed by atoms with van der Waals surface area (Å²) in [6.07, 6.45) is 4.95. The maximum atomic E-state index is 11.5. The highest BCUT2D eigenvalue weighted by molar-refractivity contribution is 5.81. The van der Waals surface area contributed by atoms with Gasteiger partial charge >= 0.3 is 0 Å². The lowest BCUT2D eigenvalue weighted by atomic mass is 10.1. The van der Waals surface area contributed by atoms with E-state index < -0.39 is 6.04 Å². The van der Waals surface area contributed by atoms with Crippen LogP contribution in [0.5, 0.6) is 0 Å². The maximum Gasteiger partial charge on any atom is 0.236 e. The van der Waals surface area contributed by atoms with Gasteiger partial charge < -0.3 is 16.4 Å². The van der Waals surface area contributed by atoms with Gasteiger partial charge in [-0.3, -0.25) is 9.59 Å². The zero-order chi connectivity index (χ0) is 13.8. The molecule has 0 heterocycles. The Morgan fingerprint density at radius 2 is 1.72 bits per heavy atom. The van der Waals surface area contributed by atoms with Crippen LogP contribution in [0.4, 0.5) is 0 Å². The molecule has 0 unspecified atom stereocenters. The normalized spacial score (nSPS) is 11.9.